The van der Waals surface area contributed by atoms with E-state index in [9.17, 15) is 19.1 Å². The van der Waals surface area contributed by atoms with Crippen LogP contribution in [0.4, 0.5) is 4.39 Å². The first-order valence-corrected chi connectivity index (χ1v) is 11.4. The fraction of sp³-hybridized carbons (Fsp3) is 0.440. The molecule has 3 heterocycles. The molecule has 1 atom stereocenters. The average Bonchev–Trinajstić information content (AvgIpc) is 3.34. The van der Waals surface area contributed by atoms with E-state index in [2.05, 4.69) is 4.90 Å². The van der Waals surface area contributed by atoms with Crippen molar-refractivity contribution in [1.82, 2.24) is 9.80 Å². The predicted octanol–water partition coefficient (Wildman–Crippen LogP) is 3.27. The molecule has 0 unspecified atom stereocenters. The van der Waals surface area contributed by atoms with E-state index in [0.717, 1.165) is 19.2 Å². The van der Waals surface area contributed by atoms with Crippen molar-refractivity contribution in [3.63, 3.8) is 0 Å². The third-order valence-electron chi connectivity index (χ3n) is 5.90. The number of benzene rings is 1. The van der Waals surface area contributed by atoms with Gasteiger partial charge in [0.1, 0.15) is 23.3 Å². The number of hydrogen-bond donors (Lipinski definition) is 1. The maximum atomic E-state index is 14.6. The van der Waals surface area contributed by atoms with E-state index in [1.165, 1.54) is 17.0 Å². The smallest absolute Gasteiger partial charge is 0.295 e. The number of ether oxygens (including phenoxy) is 2. The Morgan fingerprint density at radius 3 is 2.53 bits per heavy atom. The maximum absolute atomic E-state index is 14.6. The molecule has 2 saturated heterocycles. The number of amides is 1. The number of carbonyl (C=O) groups is 2. The van der Waals surface area contributed by atoms with Gasteiger partial charge in [-0.3, -0.25) is 14.5 Å². The molecular weight excluding hydrogens is 443 g/mol. The molecule has 0 radical (unpaired) electrons. The van der Waals surface area contributed by atoms with Crippen LogP contribution in [-0.2, 0) is 14.3 Å². The fourth-order valence-corrected chi connectivity index (χ4v) is 4.23. The maximum Gasteiger partial charge on any atom is 0.295 e. The van der Waals surface area contributed by atoms with Gasteiger partial charge in [-0.25, -0.2) is 4.39 Å². The van der Waals surface area contributed by atoms with E-state index in [-0.39, 0.29) is 29.5 Å². The first kappa shape index (κ1) is 24.0. The van der Waals surface area contributed by atoms with E-state index in [0.29, 0.717) is 31.3 Å². The van der Waals surface area contributed by atoms with Gasteiger partial charge < -0.3 is 23.9 Å². The van der Waals surface area contributed by atoms with Crippen molar-refractivity contribution in [3.05, 3.63) is 58.8 Å². The Morgan fingerprint density at radius 1 is 1.18 bits per heavy atom. The van der Waals surface area contributed by atoms with Gasteiger partial charge in [0.2, 0.25) is 0 Å². The van der Waals surface area contributed by atoms with Crippen LogP contribution < -0.4 is 4.74 Å². The number of ketones is 1. The number of carbonyl (C=O) groups excluding carboxylic acids is 2. The quantitative estimate of drug-likeness (QED) is 0.376. The van der Waals surface area contributed by atoms with Crippen molar-refractivity contribution in [2.24, 2.45) is 0 Å². The molecule has 9 heteroatoms. The lowest BCUT2D eigenvalue weighted by molar-refractivity contribution is -0.140. The van der Waals surface area contributed by atoms with Crippen molar-refractivity contribution in [2.75, 3.05) is 39.4 Å². The summed E-state index contributed by atoms with van der Waals surface area (Å²) in [7, 11) is 0. The summed E-state index contributed by atoms with van der Waals surface area (Å²) >= 11 is 0. The number of halogens is 1. The molecule has 34 heavy (non-hydrogen) atoms. The molecule has 0 spiro atoms. The average molecular weight is 473 g/mol. The molecule has 1 aromatic carbocycles. The van der Waals surface area contributed by atoms with Gasteiger partial charge in [0.25, 0.3) is 11.7 Å². The highest BCUT2D eigenvalue weighted by Gasteiger charge is 2.47. The minimum atomic E-state index is -0.913. The minimum Gasteiger partial charge on any atom is -0.507 e. The molecule has 1 N–H and O–H groups in total. The highest BCUT2D eigenvalue weighted by Crippen LogP contribution is 2.40. The van der Waals surface area contributed by atoms with E-state index in [1.54, 1.807) is 32.9 Å². The summed E-state index contributed by atoms with van der Waals surface area (Å²) in [5.41, 5.74) is -0.0497. The Balaban J connectivity index is 1.70. The van der Waals surface area contributed by atoms with Crippen LogP contribution in [-0.4, -0.2) is 72.1 Å². The second-order valence-corrected chi connectivity index (χ2v) is 8.71. The first-order valence-electron chi connectivity index (χ1n) is 11.4. The molecule has 4 rings (SSSR count). The molecule has 2 aliphatic heterocycles. The van der Waals surface area contributed by atoms with Gasteiger partial charge in [0, 0.05) is 31.7 Å². The number of aliphatic hydroxyl groups excluding tert-OH is 1. The summed E-state index contributed by atoms with van der Waals surface area (Å²) in [6.45, 7) is 8.81. The van der Waals surface area contributed by atoms with Crippen LogP contribution in [0.5, 0.6) is 5.75 Å². The van der Waals surface area contributed by atoms with Crippen molar-refractivity contribution >= 4 is 17.4 Å². The molecule has 182 valence electrons. The number of likely N-dealkylation sites (tertiary alicyclic amines) is 1. The second-order valence-electron chi connectivity index (χ2n) is 8.71. The summed E-state index contributed by atoms with van der Waals surface area (Å²) in [5.74, 6) is -1.69. The van der Waals surface area contributed by atoms with Crippen LogP contribution in [0.3, 0.4) is 0 Å². The zero-order valence-electron chi connectivity index (χ0n) is 19.5. The van der Waals surface area contributed by atoms with Crippen LogP contribution in [0.2, 0.25) is 0 Å². The minimum absolute atomic E-state index is 0.0377. The van der Waals surface area contributed by atoms with Crippen molar-refractivity contribution < 1.29 is 33.0 Å². The molecule has 8 nitrogen and oxygen atoms in total. The standard InChI is InChI=1S/C25H29FN2O6/c1-15(2)33-19-7-5-17(14-18(19)26)23(29)21-22(20-6-4-16(3)34-20)28(25(31)24(21)30)9-8-27-10-12-32-13-11-27/h4-7,14-15,22,29H,8-13H2,1-3H3/b23-21+/t22-/m0/s1. The number of Topliss-reactive ketones (excluding diaryl/α,β-unsaturated/α-hetero) is 1. The van der Waals surface area contributed by atoms with Crippen molar-refractivity contribution in [1.29, 1.82) is 0 Å². The highest BCUT2D eigenvalue weighted by atomic mass is 19.1. The Morgan fingerprint density at radius 2 is 1.91 bits per heavy atom. The Hall–Kier alpha value is -3.17. The first-order chi connectivity index (χ1) is 16.3. The summed E-state index contributed by atoms with van der Waals surface area (Å²) in [6, 6.07) is 6.45. The zero-order chi connectivity index (χ0) is 24.4. The largest absolute Gasteiger partial charge is 0.507 e. The zero-order valence-corrected chi connectivity index (χ0v) is 19.5. The number of rotatable bonds is 7. The van der Waals surface area contributed by atoms with Gasteiger partial charge in [0.05, 0.1) is 24.9 Å². The topological polar surface area (TPSA) is 92.5 Å². The lowest BCUT2D eigenvalue weighted by Gasteiger charge is -2.30. The molecule has 2 aliphatic rings. The number of hydrogen-bond acceptors (Lipinski definition) is 7. The lowest BCUT2D eigenvalue weighted by atomic mass is 9.99. The molecule has 2 aromatic rings. The van der Waals surface area contributed by atoms with Crippen molar-refractivity contribution in [2.45, 2.75) is 32.9 Å². The predicted molar refractivity (Wildman–Crippen MR) is 122 cm³/mol. The van der Waals surface area contributed by atoms with Gasteiger partial charge in [-0.1, -0.05) is 0 Å². The number of nitrogens with zero attached hydrogens (tertiary/aromatic N) is 2. The van der Waals surface area contributed by atoms with Crippen LogP contribution in [0.15, 0.2) is 40.3 Å². The van der Waals surface area contributed by atoms with Gasteiger partial charge in [0.15, 0.2) is 11.6 Å². The van der Waals surface area contributed by atoms with E-state index in [4.69, 9.17) is 13.9 Å². The van der Waals surface area contributed by atoms with Gasteiger partial charge in [-0.15, -0.1) is 0 Å². The van der Waals surface area contributed by atoms with E-state index >= 15 is 0 Å². The van der Waals surface area contributed by atoms with Gasteiger partial charge in [-0.05, 0) is 51.1 Å². The monoisotopic (exact) mass is 472 g/mol. The van der Waals surface area contributed by atoms with Gasteiger partial charge in [-0.2, -0.15) is 0 Å². The highest BCUT2D eigenvalue weighted by molar-refractivity contribution is 6.46. The number of aryl methyl sites for hydroxylation is 1. The number of aliphatic hydroxyl groups is 1. The number of furan rings is 1. The van der Waals surface area contributed by atoms with Gasteiger partial charge >= 0.3 is 0 Å². The molecule has 0 aliphatic carbocycles. The Labute approximate surface area is 197 Å². The second kappa shape index (κ2) is 9.99. The van der Waals surface area contributed by atoms with Crippen molar-refractivity contribution in [3.8, 4) is 5.75 Å². The SMILES string of the molecule is Cc1ccc([C@H]2/C(=C(\O)c3ccc(OC(C)C)c(F)c3)C(=O)C(=O)N2CCN2CCOCC2)o1. The molecule has 1 aromatic heterocycles. The molecule has 0 bridgehead atoms. The summed E-state index contributed by atoms with van der Waals surface area (Å²) < 4.78 is 31.2. The lowest BCUT2D eigenvalue weighted by Crippen LogP contribution is -2.42. The van der Waals surface area contributed by atoms with E-state index < -0.39 is 29.3 Å². The van der Waals surface area contributed by atoms with Crippen LogP contribution in [0.1, 0.15) is 37.0 Å². The van der Waals surface area contributed by atoms with Crippen LogP contribution >= 0.6 is 0 Å². The molecule has 0 saturated carbocycles. The summed E-state index contributed by atoms with van der Waals surface area (Å²) in [4.78, 5) is 29.6. The third-order valence-corrected chi connectivity index (χ3v) is 5.90. The Kier molecular flexibility index (Phi) is 7.04. The Bertz CT molecular complexity index is 1100. The third kappa shape index (κ3) is 4.85. The molecule has 2 fully saturated rings. The van der Waals surface area contributed by atoms with E-state index in [1.807, 2.05) is 0 Å². The fourth-order valence-electron chi connectivity index (χ4n) is 4.23. The normalized spacial score (nSPS) is 21.0. The summed E-state index contributed by atoms with van der Waals surface area (Å²) in [6.07, 6.45) is -0.229. The van der Waals surface area contributed by atoms with Crippen LogP contribution in [0, 0.1) is 12.7 Å². The molecule has 1 amide bonds. The summed E-state index contributed by atoms with van der Waals surface area (Å²) in [5, 5.41) is 11.1. The number of morpholine rings is 1. The molecular formula is C25H29FN2O6. The van der Waals surface area contributed by atoms with Crippen LogP contribution in [0.25, 0.3) is 5.76 Å².